The lowest BCUT2D eigenvalue weighted by molar-refractivity contribution is -0.110. The van der Waals surface area contributed by atoms with Crippen LogP contribution in [0.2, 0.25) is 0 Å². The average molecular weight is 430 g/mol. The molecule has 2 amide bonds. The van der Waals surface area contributed by atoms with E-state index >= 15 is 0 Å². The molecule has 0 fully saturated rings. The van der Waals surface area contributed by atoms with Gasteiger partial charge >= 0.3 is 0 Å². The highest BCUT2D eigenvalue weighted by molar-refractivity contribution is 6.36. The van der Waals surface area contributed by atoms with Gasteiger partial charge in [-0.25, -0.2) is 0 Å². The van der Waals surface area contributed by atoms with Crippen molar-refractivity contribution in [2.45, 2.75) is 0 Å². The van der Waals surface area contributed by atoms with Crippen molar-refractivity contribution in [3.63, 3.8) is 0 Å². The molecule has 0 radical (unpaired) electrons. The highest BCUT2D eigenvalue weighted by atomic mass is 16.2. The topological polar surface area (TPSA) is 112 Å². The molecule has 0 bridgehead atoms. The predicted molar refractivity (Wildman–Crippen MR) is 128 cm³/mol. The lowest BCUT2D eigenvalue weighted by Crippen LogP contribution is -2.13. The molecule has 4 aromatic rings. The first-order valence-corrected chi connectivity index (χ1v) is 10.3. The van der Waals surface area contributed by atoms with Gasteiger partial charge in [0.25, 0.3) is 5.91 Å². The summed E-state index contributed by atoms with van der Waals surface area (Å²) in [4.78, 5) is 27.9. The largest absolute Gasteiger partial charge is 0.366 e. The van der Waals surface area contributed by atoms with Crippen LogP contribution >= 0.6 is 0 Å². The van der Waals surface area contributed by atoms with Gasteiger partial charge in [-0.3, -0.25) is 9.59 Å². The second kappa shape index (κ2) is 7.98. The van der Waals surface area contributed by atoms with E-state index in [-0.39, 0.29) is 11.5 Å². The van der Waals surface area contributed by atoms with E-state index in [4.69, 9.17) is 5.73 Å². The maximum atomic E-state index is 12.8. The van der Waals surface area contributed by atoms with Crippen molar-refractivity contribution in [2.75, 3.05) is 5.32 Å². The lowest BCUT2D eigenvalue weighted by Gasteiger charge is -2.13. The van der Waals surface area contributed by atoms with Crippen LogP contribution in [0.15, 0.2) is 79.0 Å². The van der Waals surface area contributed by atoms with Crippen molar-refractivity contribution in [2.24, 2.45) is 5.73 Å². The third kappa shape index (κ3) is 3.48. The van der Waals surface area contributed by atoms with Gasteiger partial charge in [0, 0.05) is 34.3 Å². The first-order chi connectivity index (χ1) is 16.1. The zero-order chi connectivity index (χ0) is 22.9. The number of benzene rings is 3. The molecular weight excluding hydrogens is 412 g/mol. The van der Waals surface area contributed by atoms with Crippen LogP contribution < -0.4 is 11.1 Å². The second-order valence-electron chi connectivity index (χ2n) is 7.65. The van der Waals surface area contributed by atoms with E-state index in [1.807, 2.05) is 60.7 Å². The molecule has 6 heteroatoms. The van der Waals surface area contributed by atoms with Crippen molar-refractivity contribution in [3.8, 4) is 28.3 Å². The van der Waals surface area contributed by atoms with E-state index in [0.29, 0.717) is 22.3 Å². The number of fused-ring (bicyclic) bond motifs is 1. The number of aromatic nitrogens is 1. The fourth-order valence-corrected chi connectivity index (χ4v) is 4.22. The highest BCUT2D eigenvalue weighted by Gasteiger charge is 2.27. The van der Waals surface area contributed by atoms with Gasteiger partial charge in [-0.2, -0.15) is 5.26 Å². The molecule has 158 valence electrons. The van der Waals surface area contributed by atoms with Gasteiger partial charge in [-0.1, -0.05) is 36.4 Å². The normalized spacial score (nSPS) is 13.4. The summed E-state index contributed by atoms with van der Waals surface area (Å²) in [6, 6.07) is 24.1. The first kappa shape index (κ1) is 20.0. The first-order valence-electron chi connectivity index (χ1n) is 10.3. The number of amides is 2. The van der Waals surface area contributed by atoms with Crippen molar-refractivity contribution < 1.29 is 9.59 Å². The molecule has 2 heterocycles. The minimum Gasteiger partial charge on any atom is -0.366 e. The molecule has 4 N–H and O–H groups in total. The van der Waals surface area contributed by atoms with Gasteiger partial charge in [0.1, 0.15) is 0 Å². The molecule has 0 aliphatic carbocycles. The van der Waals surface area contributed by atoms with E-state index in [0.717, 1.165) is 28.1 Å². The zero-order valence-electron chi connectivity index (χ0n) is 17.4. The Bertz CT molecular complexity index is 1490. The fraction of sp³-hybridized carbons (Fsp3) is 0. The SMILES string of the molecule is N#Cc1cccc(C(N)=O)c1-c1cccc(-c2cccc3c2C(=Cc2ccc[nH]2)C(=O)N3)c1. The Kier molecular flexibility index (Phi) is 4.85. The Morgan fingerprint density at radius 3 is 2.48 bits per heavy atom. The molecule has 1 aromatic heterocycles. The van der Waals surface area contributed by atoms with Crippen LogP contribution in [0.3, 0.4) is 0 Å². The maximum Gasteiger partial charge on any atom is 0.256 e. The number of nitriles is 1. The third-order valence-electron chi connectivity index (χ3n) is 5.66. The monoisotopic (exact) mass is 430 g/mol. The molecule has 1 aliphatic rings. The molecule has 6 nitrogen and oxygen atoms in total. The predicted octanol–water partition coefficient (Wildman–Crippen LogP) is 4.81. The van der Waals surface area contributed by atoms with Gasteiger partial charge < -0.3 is 16.0 Å². The summed E-state index contributed by atoms with van der Waals surface area (Å²) in [5, 5.41) is 12.6. The van der Waals surface area contributed by atoms with Crippen molar-refractivity contribution in [3.05, 3.63) is 101 Å². The molecule has 5 rings (SSSR count). The Labute approximate surface area is 190 Å². The number of nitrogens with two attached hydrogens (primary N) is 1. The zero-order valence-corrected chi connectivity index (χ0v) is 17.4. The number of hydrogen-bond acceptors (Lipinski definition) is 3. The summed E-state index contributed by atoms with van der Waals surface area (Å²) in [5.41, 5.74) is 12.1. The van der Waals surface area contributed by atoms with E-state index < -0.39 is 5.91 Å². The molecule has 33 heavy (non-hydrogen) atoms. The minimum atomic E-state index is -0.598. The van der Waals surface area contributed by atoms with Gasteiger partial charge in [0.15, 0.2) is 0 Å². The van der Waals surface area contributed by atoms with Gasteiger partial charge in [-0.05, 0) is 59.2 Å². The number of carbonyl (C=O) groups excluding carboxylic acids is 2. The summed E-state index contributed by atoms with van der Waals surface area (Å²) >= 11 is 0. The number of anilines is 1. The van der Waals surface area contributed by atoms with Crippen LogP contribution in [0.4, 0.5) is 5.69 Å². The number of aromatic amines is 1. The van der Waals surface area contributed by atoms with E-state index in [2.05, 4.69) is 16.4 Å². The number of nitrogens with zero attached hydrogens (tertiary/aromatic N) is 1. The number of primary amides is 1. The van der Waals surface area contributed by atoms with Crippen LogP contribution in [0.25, 0.3) is 33.9 Å². The standard InChI is InChI=1S/C27H18N4O2/c28-15-18-7-2-10-21(26(29)32)24(18)17-6-1-5-16(13-17)20-9-3-11-23-25(20)22(27(33)31-23)14-19-8-4-12-30-19/h1-14,30H,(H2,29,32)(H,31,33). The van der Waals surface area contributed by atoms with E-state index in [9.17, 15) is 14.9 Å². The van der Waals surface area contributed by atoms with Crippen LogP contribution in [0.1, 0.15) is 27.2 Å². The Morgan fingerprint density at radius 2 is 1.73 bits per heavy atom. The number of rotatable bonds is 4. The van der Waals surface area contributed by atoms with Crippen molar-refractivity contribution >= 4 is 29.2 Å². The fourth-order valence-electron chi connectivity index (χ4n) is 4.22. The molecule has 0 atom stereocenters. The number of H-pyrrole nitrogens is 1. The maximum absolute atomic E-state index is 12.8. The van der Waals surface area contributed by atoms with Gasteiger partial charge in [-0.15, -0.1) is 0 Å². The van der Waals surface area contributed by atoms with Crippen LogP contribution in [-0.2, 0) is 4.79 Å². The van der Waals surface area contributed by atoms with Crippen molar-refractivity contribution in [1.29, 1.82) is 5.26 Å². The molecule has 0 saturated carbocycles. The number of carbonyl (C=O) groups is 2. The summed E-state index contributed by atoms with van der Waals surface area (Å²) in [5.74, 6) is -0.770. The van der Waals surface area contributed by atoms with Crippen LogP contribution in [0, 0.1) is 11.3 Å². The number of hydrogen-bond donors (Lipinski definition) is 3. The lowest BCUT2D eigenvalue weighted by atomic mass is 9.90. The Hall–Kier alpha value is -4.89. The molecule has 3 aromatic carbocycles. The average Bonchev–Trinajstić information content (AvgIpc) is 3.46. The summed E-state index contributed by atoms with van der Waals surface area (Å²) in [6.45, 7) is 0. The molecule has 1 aliphatic heterocycles. The highest BCUT2D eigenvalue weighted by Crippen LogP contribution is 2.41. The molecule has 0 spiro atoms. The van der Waals surface area contributed by atoms with Crippen LogP contribution in [0.5, 0.6) is 0 Å². The van der Waals surface area contributed by atoms with Gasteiger partial charge in [0.2, 0.25) is 5.91 Å². The Balaban J connectivity index is 1.70. The van der Waals surface area contributed by atoms with Crippen molar-refractivity contribution in [1.82, 2.24) is 4.98 Å². The van der Waals surface area contributed by atoms with Crippen LogP contribution in [-0.4, -0.2) is 16.8 Å². The number of nitrogens with one attached hydrogen (secondary N) is 2. The molecule has 0 saturated heterocycles. The molecular formula is C27H18N4O2. The molecule has 0 unspecified atom stereocenters. The summed E-state index contributed by atoms with van der Waals surface area (Å²) in [7, 11) is 0. The van der Waals surface area contributed by atoms with E-state index in [1.165, 1.54) is 0 Å². The third-order valence-corrected chi connectivity index (χ3v) is 5.66. The smallest absolute Gasteiger partial charge is 0.256 e. The second-order valence-corrected chi connectivity index (χ2v) is 7.65. The van der Waals surface area contributed by atoms with Gasteiger partial charge in [0.05, 0.1) is 17.2 Å². The summed E-state index contributed by atoms with van der Waals surface area (Å²) in [6.07, 6.45) is 3.63. The Morgan fingerprint density at radius 1 is 0.939 bits per heavy atom. The van der Waals surface area contributed by atoms with E-state index in [1.54, 1.807) is 24.4 Å². The summed E-state index contributed by atoms with van der Waals surface area (Å²) < 4.78 is 0. The quantitative estimate of drug-likeness (QED) is 0.404. The minimum absolute atomic E-state index is 0.172.